The van der Waals surface area contributed by atoms with E-state index in [4.69, 9.17) is 34.3 Å². The molecule has 2 rings (SSSR count). The molecule has 1 aliphatic rings. The highest BCUT2D eigenvalue weighted by atomic mass is 35.5. The molecule has 1 aromatic rings. The molecule has 1 amide bonds. The Hall–Kier alpha value is -1.33. The summed E-state index contributed by atoms with van der Waals surface area (Å²) in [5.74, 6) is 0.285. The molecule has 6 heteroatoms. The smallest absolute Gasteiger partial charge is 0.258 e. The molecule has 0 aromatic heterocycles. The number of amides is 1. The topological polar surface area (TPSA) is 64.3 Å². The largest absolute Gasteiger partial charge is 0.483 e. The van der Waals surface area contributed by atoms with Crippen LogP contribution in [0.4, 0.5) is 0 Å². The Kier molecular flexibility index (Phi) is 4.04. The molecule has 1 aromatic carbocycles. The van der Waals surface area contributed by atoms with Crippen LogP contribution in [0.15, 0.2) is 18.2 Å². The average Bonchev–Trinajstić information content (AvgIpc) is 3.09. The Morgan fingerprint density at radius 1 is 1.56 bits per heavy atom. The van der Waals surface area contributed by atoms with Crippen molar-refractivity contribution in [2.24, 2.45) is 5.73 Å². The summed E-state index contributed by atoms with van der Waals surface area (Å²) in [5, 5.41) is 3.25. The van der Waals surface area contributed by atoms with Crippen molar-refractivity contribution >= 4 is 34.7 Å². The van der Waals surface area contributed by atoms with Crippen molar-refractivity contribution in [3.05, 3.63) is 28.8 Å². The van der Waals surface area contributed by atoms with Crippen LogP contribution in [0.2, 0.25) is 5.02 Å². The van der Waals surface area contributed by atoms with Crippen molar-refractivity contribution < 1.29 is 9.53 Å². The fourth-order valence-electron chi connectivity index (χ4n) is 1.50. The van der Waals surface area contributed by atoms with Gasteiger partial charge in [0.2, 0.25) is 0 Å². The van der Waals surface area contributed by atoms with Crippen molar-refractivity contribution in [1.82, 2.24) is 5.32 Å². The van der Waals surface area contributed by atoms with E-state index in [0.29, 0.717) is 22.4 Å². The van der Waals surface area contributed by atoms with Gasteiger partial charge in [0.1, 0.15) is 10.7 Å². The maximum atomic E-state index is 11.5. The van der Waals surface area contributed by atoms with Gasteiger partial charge in [0, 0.05) is 6.04 Å². The molecule has 0 aliphatic heterocycles. The van der Waals surface area contributed by atoms with E-state index in [0.717, 1.165) is 12.8 Å². The number of benzene rings is 1. The van der Waals surface area contributed by atoms with Gasteiger partial charge in [-0.25, -0.2) is 0 Å². The second-order valence-electron chi connectivity index (χ2n) is 4.11. The molecular formula is C12H13ClN2O2S. The lowest BCUT2D eigenvalue weighted by atomic mass is 10.2. The van der Waals surface area contributed by atoms with Gasteiger partial charge in [0.25, 0.3) is 5.91 Å². The summed E-state index contributed by atoms with van der Waals surface area (Å²) in [6.07, 6.45) is 2.09. The Morgan fingerprint density at radius 3 is 2.89 bits per heavy atom. The van der Waals surface area contributed by atoms with Crippen LogP contribution in [-0.2, 0) is 4.79 Å². The van der Waals surface area contributed by atoms with Crippen molar-refractivity contribution in [1.29, 1.82) is 0 Å². The second kappa shape index (κ2) is 5.54. The lowest BCUT2D eigenvalue weighted by Gasteiger charge is -2.11. The van der Waals surface area contributed by atoms with Crippen LogP contribution in [0, 0.1) is 0 Å². The van der Waals surface area contributed by atoms with E-state index >= 15 is 0 Å². The Morgan fingerprint density at radius 2 is 2.28 bits per heavy atom. The molecule has 1 fully saturated rings. The number of nitrogens with one attached hydrogen (secondary N) is 1. The first-order chi connectivity index (χ1) is 8.58. The summed E-state index contributed by atoms with van der Waals surface area (Å²) in [6, 6.07) is 5.39. The van der Waals surface area contributed by atoms with Crippen molar-refractivity contribution in [3.63, 3.8) is 0 Å². The monoisotopic (exact) mass is 284 g/mol. The zero-order valence-electron chi connectivity index (χ0n) is 9.61. The van der Waals surface area contributed by atoms with Crippen LogP contribution in [0.5, 0.6) is 5.75 Å². The van der Waals surface area contributed by atoms with Gasteiger partial charge in [-0.3, -0.25) is 4.79 Å². The third-order valence-electron chi connectivity index (χ3n) is 2.52. The van der Waals surface area contributed by atoms with E-state index in [2.05, 4.69) is 5.32 Å². The molecule has 0 saturated heterocycles. The maximum absolute atomic E-state index is 11.5. The van der Waals surface area contributed by atoms with Crippen LogP contribution in [0.1, 0.15) is 18.4 Å². The van der Waals surface area contributed by atoms with Crippen LogP contribution < -0.4 is 15.8 Å². The average molecular weight is 285 g/mol. The van der Waals surface area contributed by atoms with Gasteiger partial charge in [-0.15, -0.1) is 0 Å². The molecule has 0 radical (unpaired) electrons. The lowest BCUT2D eigenvalue weighted by molar-refractivity contribution is -0.123. The van der Waals surface area contributed by atoms with E-state index in [1.165, 1.54) is 0 Å². The summed E-state index contributed by atoms with van der Waals surface area (Å²) in [5.41, 5.74) is 6.05. The summed E-state index contributed by atoms with van der Waals surface area (Å²) in [6.45, 7) is -0.0630. The number of halogens is 1. The second-order valence-corrected chi connectivity index (χ2v) is 4.95. The summed E-state index contributed by atoms with van der Waals surface area (Å²) in [7, 11) is 0. The van der Waals surface area contributed by atoms with Gasteiger partial charge >= 0.3 is 0 Å². The number of nitrogens with two attached hydrogens (primary N) is 1. The number of hydrogen-bond donors (Lipinski definition) is 2. The first-order valence-electron chi connectivity index (χ1n) is 5.58. The summed E-state index contributed by atoms with van der Waals surface area (Å²) < 4.78 is 5.41. The van der Waals surface area contributed by atoms with Crippen LogP contribution in [0.25, 0.3) is 0 Å². The first-order valence-corrected chi connectivity index (χ1v) is 6.37. The fourth-order valence-corrected chi connectivity index (χ4v) is 2.04. The SMILES string of the molecule is NC(=S)c1c(Cl)cccc1OCC(=O)NC1CC1. The molecule has 18 heavy (non-hydrogen) atoms. The maximum Gasteiger partial charge on any atom is 0.258 e. The summed E-state index contributed by atoms with van der Waals surface area (Å²) in [4.78, 5) is 11.7. The number of carbonyl (C=O) groups excluding carboxylic acids is 1. The Labute approximate surface area is 115 Å². The molecule has 0 unspecified atom stereocenters. The standard InChI is InChI=1S/C12H13ClN2O2S/c13-8-2-1-3-9(11(8)12(14)18)17-6-10(16)15-7-4-5-7/h1-3,7H,4-6H2,(H2,14,18)(H,15,16). The number of hydrogen-bond acceptors (Lipinski definition) is 3. The predicted molar refractivity (Wildman–Crippen MR) is 74.0 cm³/mol. The van der Waals surface area contributed by atoms with Gasteiger partial charge in [0.15, 0.2) is 6.61 Å². The first kappa shape index (κ1) is 13.1. The number of thiocarbonyl (C=S) groups is 1. The zero-order valence-corrected chi connectivity index (χ0v) is 11.2. The molecule has 4 nitrogen and oxygen atoms in total. The van der Waals surface area contributed by atoms with Crippen LogP contribution in [-0.4, -0.2) is 23.5 Å². The van der Waals surface area contributed by atoms with Crippen LogP contribution in [0.3, 0.4) is 0 Å². The summed E-state index contributed by atoms with van der Waals surface area (Å²) >= 11 is 10.9. The van der Waals surface area contributed by atoms with Crippen molar-refractivity contribution in [3.8, 4) is 5.75 Å². The molecule has 1 aliphatic carbocycles. The number of carbonyl (C=O) groups is 1. The van der Waals surface area contributed by atoms with Crippen LogP contribution >= 0.6 is 23.8 Å². The van der Waals surface area contributed by atoms with Gasteiger partial charge < -0.3 is 15.8 Å². The quantitative estimate of drug-likeness (QED) is 0.807. The molecule has 0 atom stereocenters. The minimum atomic E-state index is -0.147. The van der Waals surface area contributed by atoms with E-state index in [1.807, 2.05) is 0 Å². The van der Waals surface area contributed by atoms with Gasteiger partial charge in [0.05, 0.1) is 10.6 Å². The van der Waals surface area contributed by atoms with Crippen molar-refractivity contribution in [2.45, 2.75) is 18.9 Å². The van der Waals surface area contributed by atoms with Crippen molar-refractivity contribution in [2.75, 3.05) is 6.61 Å². The molecule has 1 saturated carbocycles. The third kappa shape index (κ3) is 3.34. The normalized spacial score (nSPS) is 14.1. The molecule has 0 bridgehead atoms. The molecular weight excluding hydrogens is 272 g/mol. The lowest BCUT2D eigenvalue weighted by Crippen LogP contribution is -2.30. The van der Waals surface area contributed by atoms with E-state index in [9.17, 15) is 4.79 Å². The third-order valence-corrected chi connectivity index (χ3v) is 3.04. The van der Waals surface area contributed by atoms with E-state index in [1.54, 1.807) is 18.2 Å². The zero-order chi connectivity index (χ0) is 13.1. The highest BCUT2D eigenvalue weighted by Gasteiger charge is 2.23. The number of ether oxygens (including phenoxy) is 1. The van der Waals surface area contributed by atoms with E-state index < -0.39 is 0 Å². The molecule has 3 N–H and O–H groups in total. The van der Waals surface area contributed by atoms with Gasteiger partial charge in [-0.1, -0.05) is 29.9 Å². The molecule has 96 valence electrons. The minimum Gasteiger partial charge on any atom is -0.483 e. The highest BCUT2D eigenvalue weighted by Crippen LogP contribution is 2.26. The van der Waals surface area contributed by atoms with Gasteiger partial charge in [-0.2, -0.15) is 0 Å². The Balaban J connectivity index is 2.01. The van der Waals surface area contributed by atoms with E-state index in [-0.39, 0.29) is 17.5 Å². The highest BCUT2D eigenvalue weighted by molar-refractivity contribution is 7.80. The molecule has 0 spiro atoms. The fraction of sp³-hybridized carbons (Fsp3) is 0.333. The molecule has 0 heterocycles. The minimum absolute atomic E-state index is 0.0630. The predicted octanol–water partition coefficient (Wildman–Crippen LogP) is 1.63. The Bertz CT molecular complexity index is 489. The number of rotatable bonds is 5. The van der Waals surface area contributed by atoms with Gasteiger partial charge in [-0.05, 0) is 25.0 Å².